The van der Waals surface area contributed by atoms with Crippen LogP contribution in [0.5, 0.6) is 0 Å². The number of hydrogen-bond acceptors (Lipinski definition) is 3. The summed E-state index contributed by atoms with van der Waals surface area (Å²) >= 11 is 1.97. The highest BCUT2D eigenvalue weighted by atomic mass is 32.2. The van der Waals surface area contributed by atoms with Crippen LogP contribution in [-0.4, -0.2) is 15.7 Å². The topological polar surface area (TPSA) is 25.8 Å². The van der Waals surface area contributed by atoms with Crippen molar-refractivity contribution in [1.29, 1.82) is 0 Å². The van der Waals surface area contributed by atoms with Gasteiger partial charge >= 0.3 is 0 Å². The van der Waals surface area contributed by atoms with Crippen molar-refractivity contribution in [2.45, 2.75) is 25.5 Å². The molecule has 0 spiro atoms. The molecule has 13 heavy (non-hydrogen) atoms. The lowest BCUT2D eigenvalue weighted by Gasteiger charge is -2.25. The number of rotatable bonds is 1. The number of nitrogens with zero attached hydrogens (tertiary/aromatic N) is 2. The zero-order valence-corrected chi connectivity index (χ0v) is 8.84. The average molecular weight is 194 g/mol. The lowest BCUT2D eigenvalue weighted by molar-refractivity contribution is 0.520. The van der Waals surface area contributed by atoms with Crippen molar-refractivity contribution >= 4 is 11.8 Å². The summed E-state index contributed by atoms with van der Waals surface area (Å²) in [7, 11) is 0. The molecular weight excluding hydrogens is 180 g/mol. The Morgan fingerprint density at radius 1 is 1.38 bits per heavy atom. The smallest absolute Gasteiger partial charge is 0.0720 e. The van der Waals surface area contributed by atoms with Gasteiger partial charge in [-0.1, -0.05) is 13.8 Å². The molecule has 0 fully saturated rings. The Bertz CT molecular complexity index is 299. The Kier molecular flexibility index (Phi) is 2.54. The Labute approximate surface area is 83.2 Å². The van der Waals surface area contributed by atoms with E-state index in [-0.39, 0.29) is 0 Å². The highest BCUT2D eigenvalue weighted by molar-refractivity contribution is 7.98. The van der Waals surface area contributed by atoms with Gasteiger partial charge in [0.2, 0.25) is 0 Å². The molecule has 1 aromatic rings. The first-order valence-electron chi connectivity index (χ1n) is 4.66. The fraction of sp³-hybridized carbons (Fsp3) is 0.600. The summed E-state index contributed by atoms with van der Waals surface area (Å²) in [5.74, 6) is 3.50. The van der Waals surface area contributed by atoms with E-state index in [1.165, 1.54) is 17.1 Å². The molecule has 1 atom stereocenters. The summed E-state index contributed by atoms with van der Waals surface area (Å²) in [5, 5.41) is 0. The molecule has 3 heteroatoms. The highest BCUT2D eigenvalue weighted by Gasteiger charge is 2.24. The summed E-state index contributed by atoms with van der Waals surface area (Å²) < 4.78 is 0. The largest absolute Gasteiger partial charge is 0.257 e. The minimum absolute atomic E-state index is 0.599. The molecule has 0 bridgehead atoms. The van der Waals surface area contributed by atoms with Crippen molar-refractivity contribution in [2.75, 3.05) is 5.75 Å². The van der Waals surface area contributed by atoms with E-state index in [4.69, 9.17) is 0 Å². The molecule has 0 aromatic carbocycles. The van der Waals surface area contributed by atoms with Crippen LogP contribution in [0, 0.1) is 5.92 Å². The zero-order chi connectivity index (χ0) is 9.26. The zero-order valence-electron chi connectivity index (χ0n) is 8.03. The van der Waals surface area contributed by atoms with Crippen molar-refractivity contribution in [3.63, 3.8) is 0 Å². The molecule has 0 amide bonds. The summed E-state index contributed by atoms with van der Waals surface area (Å²) in [5.41, 5.74) is 2.42. The molecule has 0 N–H and O–H groups in total. The van der Waals surface area contributed by atoms with E-state index >= 15 is 0 Å². The Morgan fingerprint density at radius 3 is 2.92 bits per heavy atom. The van der Waals surface area contributed by atoms with E-state index in [0.717, 1.165) is 5.75 Å². The van der Waals surface area contributed by atoms with Gasteiger partial charge in [-0.2, -0.15) is 11.8 Å². The van der Waals surface area contributed by atoms with Gasteiger partial charge in [-0.05, 0) is 5.92 Å². The Hall–Kier alpha value is -0.570. The fourth-order valence-corrected chi connectivity index (χ4v) is 3.00. The predicted octanol–water partition coefficient (Wildman–Crippen LogP) is 2.46. The van der Waals surface area contributed by atoms with Crippen LogP contribution >= 0.6 is 11.8 Å². The third-order valence-corrected chi connectivity index (χ3v) is 3.57. The molecule has 0 radical (unpaired) electrons. The van der Waals surface area contributed by atoms with Gasteiger partial charge in [-0.3, -0.25) is 9.97 Å². The second-order valence-electron chi connectivity index (χ2n) is 3.75. The lowest BCUT2D eigenvalue weighted by Crippen LogP contribution is -2.18. The molecule has 2 heterocycles. The number of thioether (sulfide) groups is 1. The highest BCUT2D eigenvalue weighted by Crippen LogP contribution is 2.34. The van der Waals surface area contributed by atoms with Crippen molar-refractivity contribution in [2.24, 2.45) is 5.92 Å². The normalized spacial score (nSPS) is 21.6. The van der Waals surface area contributed by atoms with Crippen LogP contribution in [0.2, 0.25) is 0 Å². The molecule has 1 aliphatic rings. The summed E-state index contributed by atoms with van der Waals surface area (Å²) in [6, 6.07) is 0. The maximum Gasteiger partial charge on any atom is 0.0720 e. The maximum absolute atomic E-state index is 4.45. The van der Waals surface area contributed by atoms with E-state index in [2.05, 4.69) is 23.8 Å². The van der Waals surface area contributed by atoms with Crippen molar-refractivity contribution in [3.8, 4) is 0 Å². The molecule has 70 valence electrons. The molecule has 2 nitrogen and oxygen atoms in total. The van der Waals surface area contributed by atoms with E-state index in [0.29, 0.717) is 11.8 Å². The first-order chi connectivity index (χ1) is 6.29. The summed E-state index contributed by atoms with van der Waals surface area (Å²) in [4.78, 5) is 8.81. The van der Waals surface area contributed by atoms with Crippen LogP contribution in [0.4, 0.5) is 0 Å². The molecule has 0 aliphatic carbocycles. The Morgan fingerprint density at radius 2 is 2.15 bits per heavy atom. The van der Waals surface area contributed by atoms with Crippen molar-refractivity contribution in [1.82, 2.24) is 9.97 Å². The first-order valence-corrected chi connectivity index (χ1v) is 5.82. The summed E-state index contributed by atoms with van der Waals surface area (Å²) in [6.45, 7) is 4.52. The minimum atomic E-state index is 0.599. The van der Waals surface area contributed by atoms with Crippen molar-refractivity contribution < 1.29 is 0 Å². The number of hydrogen-bond donors (Lipinski definition) is 0. The third kappa shape index (κ3) is 1.70. The third-order valence-electron chi connectivity index (χ3n) is 2.50. The molecule has 2 rings (SSSR count). The van der Waals surface area contributed by atoms with Gasteiger partial charge in [0.15, 0.2) is 0 Å². The maximum atomic E-state index is 4.45. The van der Waals surface area contributed by atoms with Crippen LogP contribution in [0.1, 0.15) is 31.2 Å². The molecule has 1 aliphatic heterocycles. The van der Waals surface area contributed by atoms with E-state index in [9.17, 15) is 0 Å². The minimum Gasteiger partial charge on any atom is -0.257 e. The van der Waals surface area contributed by atoms with Gasteiger partial charge in [-0.15, -0.1) is 0 Å². The van der Waals surface area contributed by atoms with Crippen LogP contribution in [0.15, 0.2) is 12.4 Å². The monoisotopic (exact) mass is 194 g/mol. The number of aromatic nitrogens is 2. The second-order valence-corrected chi connectivity index (χ2v) is 4.78. The van der Waals surface area contributed by atoms with Crippen LogP contribution < -0.4 is 0 Å². The van der Waals surface area contributed by atoms with E-state index in [1.54, 1.807) is 6.20 Å². The van der Waals surface area contributed by atoms with Gasteiger partial charge in [-0.25, -0.2) is 0 Å². The predicted molar refractivity (Wildman–Crippen MR) is 55.8 cm³/mol. The summed E-state index contributed by atoms with van der Waals surface area (Å²) in [6.07, 6.45) is 3.60. The number of fused-ring (bicyclic) bond motifs is 1. The van der Waals surface area contributed by atoms with E-state index < -0.39 is 0 Å². The quantitative estimate of drug-likeness (QED) is 0.687. The standard InChI is InChI=1S/C10H14N2S/c1-7(2)8-5-13-6-9-10(8)12-4-3-11-9/h3-4,7-8H,5-6H2,1-2H3. The van der Waals surface area contributed by atoms with Crippen LogP contribution in [0.3, 0.4) is 0 Å². The molecule has 0 saturated heterocycles. The van der Waals surface area contributed by atoms with Gasteiger partial charge in [0.1, 0.15) is 0 Å². The van der Waals surface area contributed by atoms with Gasteiger partial charge in [0.25, 0.3) is 0 Å². The van der Waals surface area contributed by atoms with Crippen LogP contribution in [-0.2, 0) is 5.75 Å². The lowest BCUT2D eigenvalue weighted by atomic mass is 9.93. The average Bonchev–Trinajstić information content (AvgIpc) is 2.17. The second kappa shape index (κ2) is 3.66. The molecule has 1 unspecified atom stereocenters. The first kappa shape index (κ1) is 9.00. The van der Waals surface area contributed by atoms with E-state index in [1.807, 2.05) is 18.0 Å². The Balaban J connectivity index is 2.37. The van der Waals surface area contributed by atoms with Gasteiger partial charge in [0.05, 0.1) is 11.4 Å². The molecular formula is C10H14N2S. The molecule has 0 saturated carbocycles. The van der Waals surface area contributed by atoms with Gasteiger partial charge < -0.3 is 0 Å². The SMILES string of the molecule is CC(C)C1CSCc2nccnc21. The fourth-order valence-electron chi connectivity index (χ4n) is 1.67. The van der Waals surface area contributed by atoms with Crippen molar-refractivity contribution in [3.05, 3.63) is 23.8 Å². The molecule has 1 aromatic heterocycles. The van der Waals surface area contributed by atoms with Crippen LogP contribution in [0.25, 0.3) is 0 Å². The van der Waals surface area contributed by atoms with Gasteiger partial charge in [0, 0.05) is 29.8 Å².